The summed E-state index contributed by atoms with van der Waals surface area (Å²) in [5, 5.41) is 77.5. The highest BCUT2D eigenvalue weighted by molar-refractivity contribution is 6.15. The average Bonchev–Trinajstić information content (AvgIpc) is 2.87. The van der Waals surface area contributed by atoms with Crippen molar-refractivity contribution in [2.45, 2.75) is 192 Å². The molecule has 18 nitrogen and oxygen atoms in total. The molecule has 0 heterocycles. The van der Waals surface area contributed by atoms with Gasteiger partial charge in [0.2, 0.25) is 33.6 Å². The molecule has 1 aliphatic carbocycles. The van der Waals surface area contributed by atoms with Gasteiger partial charge in [-0.1, -0.05) is 0 Å². The minimum absolute atomic E-state index is 1.15. The number of esters is 6. The third kappa shape index (κ3) is 8.09. The van der Waals surface area contributed by atoms with Crippen LogP contribution in [-0.4, -0.2) is 134 Å². The summed E-state index contributed by atoms with van der Waals surface area (Å²) in [5.41, 5.74) is -41.9. The number of carbonyl (C=O) groups excluding carboxylic acids is 6. The maximum Gasteiger partial charge on any atom is 0.346 e. The zero-order valence-electron chi connectivity index (χ0n) is 34.6. The zero-order valence-corrected chi connectivity index (χ0v) is 34.6. The van der Waals surface area contributed by atoms with Crippen LogP contribution in [0.15, 0.2) is 0 Å². The Hall–Kier alpha value is -3.42. The fourth-order valence-electron chi connectivity index (χ4n) is 5.45. The van der Waals surface area contributed by atoms with E-state index in [4.69, 9.17) is 28.4 Å². The standard InChI is InChI=1S/C36H60O18/c1-25(2,3)49-19(37)31(43)32(44,20(38)50-26(4,5)6)34(46,22(40)52-28(10,11)12)36(48,24(42)54-30(16,17)18)35(47,23(41)53-29(13,14)15)33(31,45)21(39)51-27(7,8)9/h43-48H,1-18H3. The van der Waals surface area contributed by atoms with Crippen LogP contribution in [0.1, 0.15) is 125 Å². The van der Waals surface area contributed by atoms with Gasteiger partial charge in [-0.2, -0.15) is 0 Å². The normalized spacial score (nSPS) is 31.1. The molecule has 6 N–H and O–H groups in total. The Morgan fingerprint density at radius 1 is 0.259 bits per heavy atom. The molecule has 0 aliphatic heterocycles. The number of rotatable bonds is 6. The van der Waals surface area contributed by atoms with E-state index in [0.717, 1.165) is 125 Å². The molecule has 0 bridgehead atoms. The third-order valence-corrected chi connectivity index (χ3v) is 7.31. The van der Waals surface area contributed by atoms with Crippen molar-refractivity contribution in [2.24, 2.45) is 0 Å². The molecule has 0 radical (unpaired) electrons. The first kappa shape index (κ1) is 48.6. The summed E-state index contributed by atoms with van der Waals surface area (Å²) in [6, 6.07) is 0. The van der Waals surface area contributed by atoms with Crippen molar-refractivity contribution >= 4 is 35.8 Å². The van der Waals surface area contributed by atoms with Crippen molar-refractivity contribution in [1.29, 1.82) is 0 Å². The predicted octanol–water partition coefficient (Wildman–Crippen LogP) is 0.437. The summed E-state index contributed by atoms with van der Waals surface area (Å²) < 4.78 is 31.4. The first-order valence-corrected chi connectivity index (χ1v) is 17.0. The van der Waals surface area contributed by atoms with Crippen molar-refractivity contribution in [3.63, 3.8) is 0 Å². The highest BCUT2D eigenvalue weighted by atomic mass is 16.6. The summed E-state index contributed by atoms with van der Waals surface area (Å²) >= 11 is 0. The maximum absolute atomic E-state index is 14.6. The molecule has 1 rings (SSSR count). The number of carbonyl (C=O) groups is 6. The monoisotopic (exact) mass is 780 g/mol. The molecule has 1 saturated carbocycles. The van der Waals surface area contributed by atoms with Crippen LogP contribution < -0.4 is 0 Å². The van der Waals surface area contributed by atoms with Crippen LogP contribution in [0, 0.1) is 0 Å². The Balaban J connectivity index is 5.35. The summed E-state index contributed by atoms with van der Waals surface area (Å²) in [6.45, 7) is 20.6. The van der Waals surface area contributed by atoms with E-state index < -0.39 is 103 Å². The Labute approximate surface area is 315 Å². The van der Waals surface area contributed by atoms with Gasteiger partial charge in [0, 0.05) is 0 Å². The predicted molar refractivity (Wildman–Crippen MR) is 185 cm³/mol. The molecule has 0 amide bonds. The lowest BCUT2D eigenvalue weighted by Crippen LogP contribution is -3.03. The maximum atomic E-state index is 14.6. The summed E-state index contributed by atoms with van der Waals surface area (Å²) in [6.07, 6.45) is 0. The molecular formula is C36H60O18. The van der Waals surface area contributed by atoms with Crippen LogP contribution in [0.4, 0.5) is 0 Å². The van der Waals surface area contributed by atoms with Crippen molar-refractivity contribution in [3.8, 4) is 0 Å². The van der Waals surface area contributed by atoms with Crippen LogP contribution in [0.25, 0.3) is 0 Å². The van der Waals surface area contributed by atoms with Crippen LogP contribution in [0.5, 0.6) is 0 Å². The molecular weight excluding hydrogens is 720 g/mol. The highest BCUT2D eigenvalue weighted by Gasteiger charge is 3.02. The third-order valence-electron chi connectivity index (χ3n) is 7.31. The minimum Gasteiger partial charge on any atom is -0.458 e. The fraction of sp³-hybridized carbons (Fsp3) is 0.833. The lowest BCUT2D eigenvalue weighted by Gasteiger charge is -2.65. The molecule has 0 atom stereocenters. The molecule has 0 aromatic heterocycles. The van der Waals surface area contributed by atoms with Crippen LogP contribution in [0.2, 0.25) is 0 Å². The second-order valence-electron chi connectivity index (χ2n) is 19.3. The fourth-order valence-corrected chi connectivity index (χ4v) is 5.45. The zero-order chi connectivity index (χ0) is 43.7. The molecule has 0 saturated heterocycles. The van der Waals surface area contributed by atoms with Crippen molar-refractivity contribution in [2.75, 3.05) is 0 Å². The smallest absolute Gasteiger partial charge is 0.346 e. The van der Waals surface area contributed by atoms with E-state index in [-0.39, 0.29) is 0 Å². The molecule has 1 aliphatic rings. The number of aliphatic hydroxyl groups is 6. The number of hydrogen-bond acceptors (Lipinski definition) is 18. The quantitative estimate of drug-likeness (QED) is 0.157. The van der Waals surface area contributed by atoms with Crippen molar-refractivity contribution < 1.29 is 87.8 Å². The van der Waals surface area contributed by atoms with E-state index in [9.17, 15) is 59.4 Å². The topological polar surface area (TPSA) is 279 Å². The van der Waals surface area contributed by atoms with Gasteiger partial charge < -0.3 is 59.1 Å². The molecule has 0 spiro atoms. The average molecular weight is 781 g/mol. The molecule has 0 unspecified atom stereocenters. The van der Waals surface area contributed by atoms with E-state index in [0.29, 0.717) is 0 Å². The van der Waals surface area contributed by atoms with Crippen molar-refractivity contribution in [1.82, 2.24) is 0 Å². The number of ether oxygens (including phenoxy) is 6. The first-order chi connectivity index (χ1) is 23.3. The van der Waals surface area contributed by atoms with Crippen LogP contribution >= 0.6 is 0 Å². The number of hydrogen-bond donors (Lipinski definition) is 6. The van der Waals surface area contributed by atoms with E-state index in [1.165, 1.54) is 0 Å². The van der Waals surface area contributed by atoms with Crippen LogP contribution in [0.3, 0.4) is 0 Å². The highest BCUT2D eigenvalue weighted by Crippen LogP contribution is 2.62. The van der Waals surface area contributed by atoms with Crippen molar-refractivity contribution in [3.05, 3.63) is 0 Å². The second-order valence-corrected chi connectivity index (χ2v) is 19.3. The Morgan fingerprint density at radius 2 is 0.333 bits per heavy atom. The van der Waals surface area contributed by atoms with Gasteiger partial charge in [0.05, 0.1) is 0 Å². The summed E-state index contributed by atoms with van der Waals surface area (Å²) in [7, 11) is 0. The van der Waals surface area contributed by atoms with E-state index in [1.807, 2.05) is 0 Å². The molecule has 0 aromatic rings. The van der Waals surface area contributed by atoms with Gasteiger partial charge in [0.25, 0.3) is 0 Å². The first-order valence-electron chi connectivity index (χ1n) is 17.0. The molecule has 1 fully saturated rings. The summed E-state index contributed by atoms with van der Waals surface area (Å²) in [4.78, 5) is 87.5. The molecule has 54 heavy (non-hydrogen) atoms. The van der Waals surface area contributed by atoms with Gasteiger partial charge in [0.15, 0.2) is 0 Å². The lowest BCUT2D eigenvalue weighted by atomic mass is 9.43. The van der Waals surface area contributed by atoms with Gasteiger partial charge in [0.1, 0.15) is 33.6 Å². The summed E-state index contributed by atoms with van der Waals surface area (Å²) in [5.74, 6) is -15.1. The largest absolute Gasteiger partial charge is 0.458 e. The van der Waals surface area contributed by atoms with Gasteiger partial charge in [-0.25, -0.2) is 28.8 Å². The van der Waals surface area contributed by atoms with Gasteiger partial charge in [-0.05, 0) is 125 Å². The minimum atomic E-state index is -5.14. The second kappa shape index (κ2) is 13.7. The Morgan fingerprint density at radius 3 is 0.389 bits per heavy atom. The lowest BCUT2D eigenvalue weighted by molar-refractivity contribution is -0.400. The van der Waals surface area contributed by atoms with Crippen LogP contribution in [-0.2, 0) is 57.2 Å². The SMILES string of the molecule is CC(C)(C)OC(=O)C1(O)C(O)(C(=O)OC(C)(C)C)C(O)(C(=O)OC(C)(C)C)C(O)(C(=O)OC(C)(C)C)C(O)(C(=O)OC(C)(C)C)C1(O)C(=O)OC(C)(C)C. The van der Waals surface area contributed by atoms with Gasteiger partial charge in [-0.15, -0.1) is 0 Å². The van der Waals surface area contributed by atoms with Gasteiger partial charge in [-0.3, -0.25) is 0 Å². The van der Waals surface area contributed by atoms with E-state index >= 15 is 0 Å². The van der Waals surface area contributed by atoms with E-state index in [2.05, 4.69) is 0 Å². The molecule has 0 aromatic carbocycles. The Kier molecular flexibility index (Phi) is 12.3. The Bertz CT molecular complexity index is 1210. The van der Waals surface area contributed by atoms with Gasteiger partial charge >= 0.3 is 35.8 Å². The molecule has 312 valence electrons. The van der Waals surface area contributed by atoms with E-state index in [1.54, 1.807) is 0 Å². The molecule has 18 heteroatoms.